The van der Waals surface area contributed by atoms with Gasteiger partial charge in [0.2, 0.25) is 0 Å². The first kappa shape index (κ1) is 24.4. The topological polar surface area (TPSA) is 69.6 Å². The molecule has 0 spiro atoms. The van der Waals surface area contributed by atoms with Crippen LogP contribution in [0, 0.1) is 6.92 Å². The quantitative estimate of drug-likeness (QED) is 0.290. The summed E-state index contributed by atoms with van der Waals surface area (Å²) in [5.41, 5.74) is 4.08. The zero-order valence-corrected chi connectivity index (χ0v) is 20.5. The fraction of sp³-hybridized carbons (Fsp3) is 0.214. The molecule has 1 amide bonds. The van der Waals surface area contributed by atoms with Gasteiger partial charge in [-0.25, -0.2) is 4.79 Å². The maximum absolute atomic E-state index is 12.8. The number of halogens is 1. The predicted molar refractivity (Wildman–Crippen MR) is 138 cm³/mol. The number of nitrogens with one attached hydrogen (secondary N) is 1. The van der Waals surface area contributed by atoms with Crippen molar-refractivity contribution in [2.75, 3.05) is 18.5 Å². The number of hydrogen-bond acceptors (Lipinski definition) is 4. The van der Waals surface area contributed by atoms with Gasteiger partial charge in [-0.3, -0.25) is 4.79 Å². The minimum Gasteiger partial charge on any atom is -0.484 e. The number of aryl methyl sites for hydroxylation is 2. The second-order valence-electron chi connectivity index (χ2n) is 8.09. The van der Waals surface area contributed by atoms with E-state index in [9.17, 15) is 9.59 Å². The number of aromatic nitrogens is 1. The number of carbonyl (C=O) groups is 2. The van der Waals surface area contributed by atoms with Crippen LogP contribution in [0.1, 0.15) is 28.5 Å². The van der Waals surface area contributed by atoms with Crippen LogP contribution in [0.5, 0.6) is 5.75 Å². The summed E-state index contributed by atoms with van der Waals surface area (Å²) in [5, 5.41) is 4.03. The molecule has 3 aromatic carbocycles. The van der Waals surface area contributed by atoms with E-state index in [0.717, 1.165) is 23.0 Å². The number of rotatable bonds is 9. The number of benzene rings is 3. The highest BCUT2D eigenvalue weighted by Crippen LogP contribution is 2.30. The van der Waals surface area contributed by atoms with Crippen LogP contribution in [-0.4, -0.2) is 29.7 Å². The van der Waals surface area contributed by atoms with E-state index >= 15 is 0 Å². The summed E-state index contributed by atoms with van der Waals surface area (Å²) >= 11 is 5.97. The van der Waals surface area contributed by atoms with Gasteiger partial charge >= 0.3 is 5.97 Å². The van der Waals surface area contributed by atoms with E-state index in [4.69, 9.17) is 21.1 Å². The largest absolute Gasteiger partial charge is 0.484 e. The molecule has 1 heterocycles. The summed E-state index contributed by atoms with van der Waals surface area (Å²) in [6, 6.07) is 22.6. The lowest BCUT2D eigenvalue weighted by atomic mass is 10.1. The van der Waals surface area contributed by atoms with E-state index in [-0.39, 0.29) is 25.1 Å². The van der Waals surface area contributed by atoms with Crippen LogP contribution in [-0.2, 0) is 22.5 Å². The number of esters is 1. The highest BCUT2D eigenvalue weighted by atomic mass is 35.5. The lowest BCUT2D eigenvalue weighted by molar-refractivity contribution is -0.118. The van der Waals surface area contributed by atoms with Crippen LogP contribution < -0.4 is 10.1 Å². The molecule has 0 atom stereocenters. The summed E-state index contributed by atoms with van der Waals surface area (Å²) in [5.74, 6) is -0.191. The van der Waals surface area contributed by atoms with E-state index in [0.29, 0.717) is 28.6 Å². The van der Waals surface area contributed by atoms with Gasteiger partial charge in [0.25, 0.3) is 5.91 Å². The molecule has 1 N–H and O–H groups in total. The molecule has 35 heavy (non-hydrogen) atoms. The van der Waals surface area contributed by atoms with Crippen molar-refractivity contribution in [3.05, 3.63) is 94.6 Å². The Labute approximate surface area is 209 Å². The zero-order chi connectivity index (χ0) is 24.8. The van der Waals surface area contributed by atoms with Crippen LogP contribution in [0.2, 0.25) is 5.02 Å². The van der Waals surface area contributed by atoms with Crippen molar-refractivity contribution < 1.29 is 19.1 Å². The first-order chi connectivity index (χ1) is 17.0. The third-order valence-corrected chi connectivity index (χ3v) is 5.95. The van der Waals surface area contributed by atoms with E-state index in [1.807, 2.05) is 37.3 Å². The van der Waals surface area contributed by atoms with Crippen LogP contribution in [0.25, 0.3) is 10.9 Å². The molecule has 0 aliphatic carbocycles. The number of hydrogen-bond donors (Lipinski definition) is 1. The Kier molecular flexibility index (Phi) is 7.73. The highest BCUT2D eigenvalue weighted by Gasteiger charge is 2.21. The minimum atomic E-state index is -0.371. The molecule has 1 aromatic heterocycles. The lowest BCUT2D eigenvalue weighted by Gasteiger charge is -2.10. The van der Waals surface area contributed by atoms with Gasteiger partial charge in [0, 0.05) is 33.9 Å². The van der Waals surface area contributed by atoms with Crippen LogP contribution >= 0.6 is 11.6 Å². The van der Waals surface area contributed by atoms with Crippen molar-refractivity contribution in [2.24, 2.45) is 0 Å². The van der Waals surface area contributed by atoms with Gasteiger partial charge in [-0.2, -0.15) is 0 Å². The van der Waals surface area contributed by atoms with Gasteiger partial charge in [0.1, 0.15) is 5.75 Å². The molecule has 0 radical (unpaired) electrons. The molecule has 0 saturated heterocycles. The Hall–Kier alpha value is -3.77. The summed E-state index contributed by atoms with van der Waals surface area (Å²) in [4.78, 5) is 25.2. The number of amides is 1. The molecule has 0 aliphatic rings. The van der Waals surface area contributed by atoms with Crippen molar-refractivity contribution in [2.45, 2.75) is 26.8 Å². The van der Waals surface area contributed by atoms with Crippen molar-refractivity contribution in [1.29, 1.82) is 0 Å². The van der Waals surface area contributed by atoms with Crippen molar-refractivity contribution in [1.82, 2.24) is 4.57 Å². The minimum absolute atomic E-state index is 0.180. The van der Waals surface area contributed by atoms with Gasteiger partial charge in [-0.1, -0.05) is 48.0 Å². The van der Waals surface area contributed by atoms with Gasteiger partial charge in [0.15, 0.2) is 6.61 Å². The number of ether oxygens (including phenoxy) is 2. The Bertz CT molecular complexity index is 1350. The molecule has 180 valence electrons. The fourth-order valence-electron chi connectivity index (χ4n) is 4.10. The van der Waals surface area contributed by atoms with Crippen molar-refractivity contribution in [3.8, 4) is 5.75 Å². The number of fused-ring (bicyclic) bond motifs is 1. The smallest absolute Gasteiger partial charge is 0.340 e. The third-order valence-electron chi connectivity index (χ3n) is 5.72. The number of nitrogens with zero attached hydrogens (tertiary/aromatic N) is 1. The normalized spacial score (nSPS) is 10.8. The highest BCUT2D eigenvalue weighted by molar-refractivity contribution is 6.30. The molecule has 4 rings (SSSR count). The molecule has 0 bridgehead atoms. The molecule has 0 aliphatic heterocycles. The molecule has 6 nitrogen and oxygen atoms in total. The Morgan fingerprint density at radius 2 is 1.80 bits per heavy atom. The molecule has 0 fully saturated rings. The van der Waals surface area contributed by atoms with Gasteiger partial charge in [-0.15, -0.1) is 0 Å². The average molecular weight is 491 g/mol. The van der Waals surface area contributed by atoms with Gasteiger partial charge in [-0.05, 0) is 62.2 Å². The molecule has 4 aromatic rings. The Morgan fingerprint density at radius 3 is 2.54 bits per heavy atom. The van der Waals surface area contributed by atoms with E-state index in [1.165, 1.54) is 5.56 Å². The third kappa shape index (κ3) is 5.84. The number of carbonyl (C=O) groups excluding carboxylic acids is 2. The maximum Gasteiger partial charge on any atom is 0.340 e. The predicted octanol–water partition coefficient (Wildman–Crippen LogP) is 6.04. The van der Waals surface area contributed by atoms with Gasteiger partial charge in [0.05, 0.1) is 12.2 Å². The average Bonchev–Trinajstić information content (AvgIpc) is 3.12. The second kappa shape index (κ2) is 11.1. The monoisotopic (exact) mass is 490 g/mol. The summed E-state index contributed by atoms with van der Waals surface area (Å²) in [6.07, 6.45) is 0.829. The lowest BCUT2D eigenvalue weighted by Crippen LogP contribution is -2.20. The summed E-state index contributed by atoms with van der Waals surface area (Å²) in [6.45, 7) is 4.54. The first-order valence-electron chi connectivity index (χ1n) is 11.5. The SMILES string of the molecule is CCOC(=O)c1c(C)n(CCc2ccccc2)c2ccc(OCC(=O)Nc3cccc(Cl)c3)cc12. The Morgan fingerprint density at radius 1 is 1.00 bits per heavy atom. The van der Waals surface area contributed by atoms with Crippen LogP contribution in [0.15, 0.2) is 72.8 Å². The molecular formula is C28H27ClN2O4. The van der Waals surface area contributed by atoms with Crippen LogP contribution in [0.4, 0.5) is 5.69 Å². The van der Waals surface area contributed by atoms with E-state index < -0.39 is 0 Å². The molecule has 0 saturated carbocycles. The van der Waals surface area contributed by atoms with Crippen molar-refractivity contribution >= 4 is 40.1 Å². The summed E-state index contributed by atoms with van der Waals surface area (Å²) in [7, 11) is 0. The second-order valence-corrected chi connectivity index (χ2v) is 8.53. The molecule has 0 unspecified atom stereocenters. The standard InChI is InChI=1S/C28H27ClN2O4/c1-3-34-28(33)27-19(2)31(15-14-20-8-5-4-6-9-20)25-13-12-23(17-24(25)27)35-18-26(32)30-22-11-7-10-21(29)16-22/h4-13,16-17H,3,14-15,18H2,1-2H3,(H,30,32). The van der Waals surface area contributed by atoms with E-state index in [1.54, 1.807) is 37.3 Å². The van der Waals surface area contributed by atoms with Crippen molar-refractivity contribution in [3.63, 3.8) is 0 Å². The van der Waals surface area contributed by atoms with E-state index in [2.05, 4.69) is 22.0 Å². The molecular weight excluding hydrogens is 464 g/mol. The summed E-state index contributed by atoms with van der Waals surface area (Å²) < 4.78 is 13.2. The maximum atomic E-state index is 12.8. The fourth-order valence-corrected chi connectivity index (χ4v) is 4.29. The molecule has 7 heteroatoms. The number of anilines is 1. The zero-order valence-electron chi connectivity index (χ0n) is 19.7. The van der Waals surface area contributed by atoms with Gasteiger partial charge < -0.3 is 19.4 Å². The Balaban J connectivity index is 1.56. The van der Waals surface area contributed by atoms with Crippen LogP contribution in [0.3, 0.4) is 0 Å². The first-order valence-corrected chi connectivity index (χ1v) is 11.9.